The number of benzene rings is 2. The second-order valence-electron chi connectivity index (χ2n) is 7.64. The third-order valence-electron chi connectivity index (χ3n) is 5.44. The van der Waals surface area contributed by atoms with Crippen molar-refractivity contribution >= 4 is 23.2 Å². The predicted molar refractivity (Wildman–Crippen MR) is 116 cm³/mol. The maximum absolute atomic E-state index is 13.3. The smallest absolute Gasteiger partial charge is 0.416 e. The minimum atomic E-state index is -4.49. The molecule has 4 rings (SSSR count). The van der Waals surface area contributed by atoms with Crippen LogP contribution in [0.4, 0.5) is 24.5 Å². The van der Waals surface area contributed by atoms with Crippen LogP contribution in [0.5, 0.6) is 5.75 Å². The molecule has 1 N–H and O–H groups in total. The van der Waals surface area contributed by atoms with E-state index in [0.29, 0.717) is 11.4 Å². The molecule has 2 amide bonds. The highest BCUT2D eigenvalue weighted by Gasteiger charge is 2.35. The topological polar surface area (TPSA) is 100 Å². The lowest BCUT2D eigenvalue weighted by atomic mass is 10.1. The number of nitrogens with zero attached hydrogens (tertiary/aromatic N) is 4. The Bertz CT molecular complexity index is 1310. The van der Waals surface area contributed by atoms with Gasteiger partial charge in [-0.25, -0.2) is 0 Å². The molecule has 0 fully saturated rings. The Labute approximate surface area is 192 Å². The van der Waals surface area contributed by atoms with Crippen molar-refractivity contribution in [1.82, 2.24) is 9.78 Å². The molecule has 8 nitrogen and oxygen atoms in total. The van der Waals surface area contributed by atoms with Gasteiger partial charge in [0.25, 0.3) is 11.8 Å². The molecule has 0 saturated heterocycles. The van der Waals surface area contributed by atoms with Gasteiger partial charge < -0.3 is 15.0 Å². The van der Waals surface area contributed by atoms with Gasteiger partial charge in [0.1, 0.15) is 11.8 Å². The van der Waals surface area contributed by atoms with Gasteiger partial charge >= 0.3 is 6.18 Å². The Morgan fingerprint density at radius 2 is 1.94 bits per heavy atom. The van der Waals surface area contributed by atoms with E-state index in [-0.39, 0.29) is 35.1 Å². The molecule has 2 aromatic carbocycles. The van der Waals surface area contributed by atoms with Crippen molar-refractivity contribution in [3.8, 4) is 11.8 Å². The first kappa shape index (κ1) is 22.8. The standard InChI is InChI=1S/C23H18F3N5O3/c1-13-12-30(17-6-4-16(5-7-17)23(24,25)26)22(33)20-18(11-28-31(13)20)29-21(32)14-3-8-19(34-2)15(9-14)10-27/h3-9,11,13H,12H2,1-2H3,(H,29,32)/t13-/m0/s1. The SMILES string of the molecule is COc1ccc(C(=O)Nc2cnn3c2C(=O)N(c2ccc(C(F)(F)F)cc2)C[C@@H]3C)cc1C#N. The quantitative estimate of drug-likeness (QED) is 0.616. The number of aromatic nitrogens is 2. The molecule has 0 radical (unpaired) electrons. The number of carbonyl (C=O) groups excluding carboxylic acids is 2. The van der Waals surface area contributed by atoms with Gasteiger partial charge in [-0.15, -0.1) is 0 Å². The first-order valence-corrected chi connectivity index (χ1v) is 10.1. The van der Waals surface area contributed by atoms with Gasteiger partial charge in [-0.05, 0) is 49.4 Å². The summed E-state index contributed by atoms with van der Waals surface area (Å²) in [4.78, 5) is 27.4. The molecule has 0 aliphatic carbocycles. The van der Waals surface area contributed by atoms with Crippen LogP contribution in [0.3, 0.4) is 0 Å². The summed E-state index contributed by atoms with van der Waals surface area (Å²) in [6.07, 6.45) is -3.15. The Hall–Kier alpha value is -4.33. The fourth-order valence-electron chi connectivity index (χ4n) is 3.74. The van der Waals surface area contributed by atoms with E-state index in [4.69, 9.17) is 4.74 Å². The van der Waals surface area contributed by atoms with Crippen molar-refractivity contribution in [1.29, 1.82) is 5.26 Å². The molecule has 1 aliphatic heterocycles. The molecule has 1 atom stereocenters. The van der Waals surface area contributed by atoms with E-state index < -0.39 is 23.6 Å². The number of rotatable bonds is 4. The van der Waals surface area contributed by atoms with Crippen LogP contribution < -0.4 is 15.0 Å². The maximum Gasteiger partial charge on any atom is 0.416 e. The average molecular weight is 469 g/mol. The lowest BCUT2D eigenvalue weighted by Crippen LogP contribution is -2.43. The van der Waals surface area contributed by atoms with Crippen molar-refractivity contribution in [2.24, 2.45) is 0 Å². The van der Waals surface area contributed by atoms with Gasteiger partial charge in [0, 0.05) is 17.8 Å². The van der Waals surface area contributed by atoms with E-state index in [0.717, 1.165) is 12.1 Å². The number of anilines is 2. The number of nitriles is 1. The van der Waals surface area contributed by atoms with E-state index in [2.05, 4.69) is 10.4 Å². The summed E-state index contributed by atoms with van der Waals surface area (Å²) < 4.78 is 45.3. The summed E-state index contributed by atoms with van der Waals surface area (Å²) in [6, 6.07) is 10.3. The van der Waals surface area contributed by atoms with Gasteiger partial charge in [-0.2, -0.15) is 23.5 Å². The van der Waals surface area contributed by atoms with Crippen LogP contribution in [0.1, 0.15) is 44.9 Å². The number of carbonyl (C=O) groups is 2. The van der Waals surface area contributed by atoms with Crippen molar-refractivity contribution in [3.05, 3.63) is 71.0 Å². The van der Waals surface area contributed by atoms with Crippen molar-refractivity contribution in [3.63, 3.8) is 0 Å². The van der Waals surface area contributed by atoms with Gasteiger partial charge in [0.05, 0.1) is 36.2 Å². The Morgan fingerprint density at radius 1 is 1.24 bits per heavy atom. The number of methoxy groups -OCH3 is 1. The number of alkyl halides is 3. The summed E-state index contributed by atoms with van der Waals surface area (Å²) in [5.41, 5.74) is 0.0683. The minimum absolute atomic E-state index is 0.0982. The van der Waals surface area contributed by atoms with Crippen molar-refractivity contribution in [2.75, 3.05) is 23.9 Å². The summed E-state index contributed by atoms with van der Waals surface area (Å²) in [7, 11) is 1.41. The predicted octanol–water partition coefficient (Wildman–Crippen LogP) is 4.26. The molecule has 174 valence electrons. The normalized spacial score (nSPS) is 15.5. The number of amides is 2. The molecule has 0 bridgehead atoms. The van der Waals surface area contributed by atoms with Crippen molar-refractivity contribution in [2.45, 2.75) is 19.1 Å². The second kappa shape index (κ2) is 8.55. The Kier molecular flexibility index (Phi) is 5.75. The van der Waals surface area contributed by atoms with Crippen LogP contribution in [0.2, 0.25) is 0 Å². The lowest BCUT2D eigenvalue weighted by molar-refractivity contribution is -0.137. The monoisotopic (exact) mass is 469 g/mol. The molecule has 3 aromatic rings. The molecular formula is C23H18F3N5O3. The maximum atomic E-state index is 13.3. The highest BCUT2D eigenvalue weighted by atomic mass is 19.4. The molecule has 11 heteroatoms. The first-order chi connectivity index (χ1) is 16.1. The largest absolute Gasteiger partial charge is 0.495 e. The summed E-state index contributed by atoms with van der Waals surface area (Å²) in [6.45, 7) is 1.99. The number of hydrogen-bond donors (Lipinski definition) is 1. The third-order valence-corrected chi connectivity index (χ3v) is 5.44. The zero-order valence-electron chi connectivity index (χ0n) is 18.1. The fourth-order valence-corrected chi connectivity index (χ4v) is 3.74. The summed E-state index contributed by atoms with van der Waals surface area (Å²) in [5.74, 6) is -0.765. The van der Waals surface area contributed by atoms with Crippen LogP contribution in [0, 0.1) is 11.3 Å². The fraction of sp³-hybridized carbons (Fsp3) is 0.217. The lowest BCUT2D eigenvalue weighted by Gasteiger charge is -2.32. The summed E-state index contributed by atoms with van der Waals surface area (Å²) >= 11 is 0. The van der Waals surface area contributed by atoms with Gasteiger partial charge in [-0.1, -0.05) is 0 Å². The van der Waals surface area contributed by atoms with E-state index in [9.17, 15) is 28.0 Å². The number of halogens is 3. The van der Waals surface area contributed by atoms with Crippen LogP contribution in [0.25, 0.3) is 0 Å². The molecule has 0 unspecified atom stereocenters. The molecular weight excluding hydrogens is 451 g/mol. The number of ether oxygens (including phenoxy) is 1. The second-order valence-corrected chi connectivity index (χ2v) is 7.64. The molecule has 34 heavy (non-hydrogen) atoms. The van der Waals surface area contributed by atoms with E-state index in [1.54, 1.807) is 6.92 Å². The number of nitrogens with one attached hydrogen (secondary N) is 1. The summed E-state index contributed by atoms with van der Waals surface area (Å²) in [5, 5.41) is 16.1. The van der Waals surface area contributed by atoms with Crippen LogP contribution in [-0.2, 0) is 6.18 Å². The highest BCUT2D eigenvalue weighted by Crippen LogP contribution is 2.33. The molecule has 0 spiro atoms. The Balaban J connectivity index is 1.62. The van der Waals surface area contributed by atoms with E-state index in [1.807, 2.05) is 6.07 Å². The Morgan fingerprint density at radius 3 is 2.56 bits per heavy atom. The molecule has 1 aromatic heterocycles. The van der Waals surface area contributed by atoms with Crippen LogP contribution in [-0.4, -0.2) is 35.2 Å². The van der Waals surface area contributed by atoms with Gasteiger partial charge in [-0.3, -0.25) is 14.3 Å². The molecule has 1 aliphatic rings. The van der Waals surface area contributed by atoms with Crippen LogP contribution in [0.15, 0.2) is 48.7 Å². The number of fused-ring (bicyclic) bond motifs is 1. The minimum Gasteiger partial charge on any atom is -0.495 e. The zero-order valence-corrected chi connectivity index (χ0v) is 18.1. The molecule has 0 saturated carbocycles. The third kappa shape index (κ3) is 4.05. The van der Waals surface area contributed by atoms with Gasteiger partial charge in [0.15, 0.2) is 5.69 Å². The van der Waals surface area contributed by atoms with E-state index in [1.165, 1.54) is 53.2 Å². The highest BCUT2D eigenvalue weighted by molar-refractivity contribution is 6.13. The average Bonchev–Trinajstić information content (AvgIpc) is 3.24. The van der Waals surface area contributed by atoms with Gasteiger partial charge in [0.2, 0.25) is 0 Å². The first-order valence-electron chi connectivity index (χ1n) is 10.1. The van der Waals surface area contributed by atoms with Crippen molar-refractivity contribution < 1.29 is 27.5 Å². The number of hydrogen-bond acceptors (Lipinski definition) is 5. The van der Waals surface area contributed by atoms with E-state index >= 15 is 0 Å². The zero-order chi connectivity index (χ0) is 24.6. The molecule has 2 heterocycles. The van der Waals surface area contributed by atoms with Crippen LogP contribution >= 0.6 is 0 Å².